The van der Waals surface area contributed by atoms with E-state index in [9.17, 15) is 9.59 Å². The van der Waals surface area contributed by atoms with E-state index in [0.29, 0.717) is 23.1 Å². The van der Waals surface area contributed by atoms with Gasteiger partial charge >= 0.3 is 0 Å². The summed E-state index contributed by atoms with van der Waals surface area (Å²) in [6.07, 6.45) is 0.145. The van der Waals surface area contributed by atoms with E-state index in [2.05, 4.69) is 5.32 Å². The van der Waals surface area contributed by atoms with Crippen molar-refractivity contribution in [1.29, 1.82) is 0 Å². The number of likely N-dealkylation sites (N-methyl/N-ethyl adjacent to an activating group) is 1. The van der Waals surface area contributed by atoms with Gasteiger partial charge in [0.1, 0.15) is 6.04 Å². The number of hydrogen-bond acceptors (Lipinski definition) is 2. The number of aryl methyl sites for hydroxylation is 1. The minimum Gasteiger partial charge on any atom is -0.355 e. The molecule has 6 heteroatoms. The molecule has 0 fully saturated rings. The molecule has 0 saturated heterocycles. The first-order chi connectivity index (χ1) is 12.8. The van der Waals surface area contributed by atoms with Gasteiger partial charge in [-0.3, -0.25) is 9.59 Å². The lowest BCUT2D eigenvalue weighted by Gasteiger charge is -2.29. The second-order valence-corrected chi connectivity index (χ2v) is 7.26. The average Bonchev–Trinajstić information content (AvgIpc) is 2.63. The molecule has 144 valence electrons. The third kappa shape index (κ3) is 5.72. The Kier molecular flexibility index (Phi) is 7.69. The van der Waals surface area contributed by atoms with Gasteiger partial charge in [-0.2, -0.15) is 0 Å². The Labute approximate surface area is 170 Å². The zero-order chi connectivity index (χ0) is 20.0. The van der Waals surface area contributed by atoms with Crippen molar-refractivity contribution in [3.8, 4) is 0 Å². The quantitative estimate of drug-likeness (QED) is 0.740. The van der Waals surface area contributed by atoms with Crippen LogP contribution in [0.5, 0.6) is 0 Å². The minimum atomic E-state index is -0.583. The Bertz CT molecular complexity index is 824. The molecule has 0 spiro atoms. The molecular formula is C21H24Cl2N2O2. The fraction of sp³-hybridized carbons (Fsp3) is 0.333. The number of halogens is 2. The van der Waals surface area contributed by atoms with Crippen LogP contribution in [0.25, 0.3) is 0 Å². The van der Waals surface area contributed by atoms with E-state index < -0.39 is 6.04 Å². The Balaban J connectivity index is 2.26. The molecule has 0 unspecified atom stereocenters. The van der Waals surface area contributed by atoms with E-state index >= 15 is 0 Å². The van der Waals surface area contributed by atoms with Crippen molar-refractivity contribution < 1.29 is 9.59 Å². The molecule has 0 aliphatic rings. The van der Waals surface area contributed by atoms with Crippen LogP contribution in [0.4, 0.5) is 0 Å². The number of benzene rings is 2. The summed E-state index contributed by atoms with van der Waals surface area (Å²) in [7, 11) is 0. The van der Waals surface area contributed by atoms with Gasteiger partial charge in [-0.25, -0.2) is 0 Å². The van der Waals surface area contributed by atoms with Crippen LogP contribution in [0.15, 0.2) is 42.5 Å². The van der Waals surface area contributed by atoms with Crippen LogP contribution < -0.4 is 5.32 Å². The molecule has 0 radical (unpaired) electrons. The Morgan fingerprint density at radius 3 is 2.44 bits per heavy atom. The maximum atomic E-state index is 13.0. The predicted octanol–water partition coefficient (Wildman–Crippen LogP) is 4.40. The highest BCUT2D eigenvalue weighted by molar-refractivity contribution is 6.42. The van der Waals surface area contributed by atoms with Crippen LogP contribution in [-0.4, -0.2) is 29.3 Å². The van der Waals surface area contributed by atoms with E-state index in [0.717, 1.165) is 16.7 Å². The molecule has 0 saturated carbocycles. The van der Waals surface area contributed by atoms with Gasteiger partial charge in [0.15, 0.2) is 0 Å². The highest BCUT2D eigenvalue weighted by Crippen LogP contribution is 2.23. The van der Waals surface area contributed by atoms with Gasteiger partial charge in [0.25, 0.3) is 0 Å². The first-order valence-corrected chi connectivity index (χ1v) is 9.64. The Morgan fingerprint density at radius 1 is 1.11 bits per heavy atom. The SMILES string of the molecule is CCNC(=O)[C@H](C)N(Cc1ccccc1C)C(=O)Cc1ccc(Cl)c(Cl)c1. The van der Waals surface area contributed by atoms with Crippen LogP contribution in [0.2, 0.25) is 10.0 Å². The molecule has 0 aliphatic heterocycles. The summed E-state index contributed by atoms with van der Waals surface area (Å²) in [5.74, 6) is -0.316. The number of hydrogen-bond donors (Lipinski definition) is 1. The number of amides is 2. The summed E-state index contributed by atoms with van der Waals surface area (Å²) in [5, 5.41) is 3.64. The monoisotopic (exact) mass is 406 g/mol. The molecule has 1 N–H and O–H groups in total. The number of carbonyl (C=O) groups excluding carboxylic acids is 2. The predicted molar refractivity (Wildman–Crippen MR) is 110 cm³/mol. The van der Waals surface area contributed by atoms with Crippen LogP contribution in [-0.2, 0) is 22.6 Å². The molecule has 27 heavy (non-hydrogen) atoms. The molecule has 0 heterocycles. The summed E-state index contributed by atoms with van der Waals surface area (Å²) in [6, 6.07) is 12.4. The molecule has 1 atom stereocenters. The van der Waals surface area contributed by atoms with Gasteiger partial charge in [-0.1, -0.05) is 53.5 Å². The second kappa shape index (κ2) is 9.77. The van der Waals surface area contributed by atoms with Gasteiger partial charge in [0, 0.05) is 13.1 Å². The zero-order valence-corrected chi connectivity index (χ0v) is 17.3. The summed E-state index contributed by atoms with van der Waals surface area (Å²) in [5.41, 5.74) is 2.84. The lowest BCUT2D eigenvalue weighted by atomic mass is 10.1. The lowest BCUT2D eigenvalue weighted by Crippen LogP contribution is -2.48. The standard InChI is InChI=1S/C21H24Cl2N2O2/c1-4-24-21(27)15(3)25(13-17-8-6-5-7-14(17)2)20(26)12-16-9-10-18(22)19(23)11-16/h5-11,15H,4,12-13H2,1-3H3,(H,24,27)/t15-/m0/s1. The van der Waals surface area contributed by atoms with Crippen molar-refractivity contribution in [2.24, 2.45) is 0 Å². The Morgan fingerprint density at radius 2 is 1.81 bits per heavy atom. The Hall–Kier alpha value is -2.04. The maximum absolute atomic E-state index is 13.0. The van der Waals surface area contributed by atoms with Crippen LogP contribution in [0.1, 0.15) is 30.5 Å². The van der Waals surface area contributed by atoms with Gasteiger partial charge in [-0.15, -0.1) is 0 Å². The smallest absolute Gasteiger partial charge is 0.242 e. The van der Waals surface area contributed by atoms with Crippen LogP contribution in [0.3, 0.4) is 0 Å². The van der Waals surface area contributed by atoms with E-state index in [1.807, 2.05) is 38.1 Å². The first kappa shape index (κ1) is 21.3. The molecule has 2 aromatic carbocycles. The molecule has 2 rings (SSSR count). The number of carbonyl (C=O) groups is 2. The number of nitrogens with zero attached hydrogens (tertiary/aromatic N) is 1. The summed E-state index contributed by atoms with van der Waals surface area (Å²) in [6.45, 7) is 6.48. The fourth-order valence-corrected chi connectivity index (χ4v) is 3.12. The summed E-state index contributed by atoms with van der Waals surface area (Å²) in [4.78, 5) is 27.0. The molecule has 2 aromatic rings. The zero-order valence-electron chi connectivity index (χ0n) is 15.8. The van der Waals surface area contributed by atoms with E-state index in [-0.39, 0.29) is 18.2 Å². The van der Waals surface area contributed by atoms with Crippen molar-refractivity contribution >= 4 is 35.0 Å². The van der Waals surface area contributed by atoms with Crippen molar-refractivity contribution in [2.45, 2.75) is 39.8 Å². The van der Waals surface area contributed by atoms with Crippen LogP contribution in [0, 0.1) is 6.92 Å². The summed E-state index contributed by atoms with van der Waals surface area (Å²) >= 11 is 12.0. The topological polar surface area (TPSA) is 49.4 Å². The maximum Gasteiger partial charge on any atom is 0.242 e. The van der Waals surface area contributed by atoms with E-state index in [1.165, 1.54) is 0 Å². The average molecular weight is 407 g/mol. The fourth-order valence-electron chi connectivity index (χ4n) is 2.80. The molecule has 0 aromatic heterocycles. The second-order valence-electron chi connectivity index (χ2n) is 6.44. The van der Waals surface area contributed by atoms with E-state index in [4.69, 9.17) is 23.2 Å². The minimum absolute atomic E-state index is 0.143. The summed E-state index contributed by atoms with van der Waals surface area (Å²) < 4.78 is 0. The largest absolute Gasteiger partial charge is 0.355 e. The van der Waals surface area contributed by atoms with Gasteiger partial charge < -0.3 is 10.2 Å². The van der Waals surface area contributed by atoms with Gasteiger partial charge in [0.05, 0.1) is 16.5 Å². The highest BCUT2D eigenvalue weighted by Gasteiger charge is 2.26. The van der Waals surface area contributed by atoms with Crippen LogP contribution >= 0.6 is 23.2 Å². The van der Waals surface area contributed by atoms with Gasteiger partial charge in [0.2, 0.25) is 11.8 Å². The normalized spacial score (nSPS) is 11.7. The lowest BCUT2D eigenvalue weighted by molar-refractivity contribution is -0.140. The van der Waals surface area contributed by atoms with Crippen molar-refractivity contribution in [1.82, 2.24) is 10.2 Å². The molecule has 4 nitrogen and oxygen atoms in total. The highest BCUT2D eigenvalue weighted by atomic mass is 35.5. The first-order valence-electron chi connectivity index (χ1n) is 8.89. The van der Waals surface area contributed by atoms with Gasteiger partial charge in [-0.05, 0) is 49.6 Å². The molecule has 0 bridgehead atoms. The third-order valence-corrected chi connectivity index (χ3v) is 5.20. The van der Waals surface area contributed by atoms with Crippen molar-refractivity contribution in [3.05, 3.63) is 69.2 Å². The van der Waals surface area contributed by atoms with Crippen molar-refractivity contribution in [3.63, 3.8) is 0 Å². The molecule has 0 aliphatic carbocycles. The van der Waals surface area contributed by atoms with E-state index in [1.54, 1.807) is 30.0 Å². The number of rotatable bonds is 7. The van der Waals surface area contributed by atoms with Crippen molar-refractivity contribution in [2.75, 3.05) is 6.54 Å². The molecule has 2 amide bonds. The number of nitrogens with one attached hydrogen (secondary N) is 1. The molecular weight excluding hydrogens is 383 g/mol. The third-order valence-electron chi connectivity index (χ3n) is 4.46.